The first-order chi connectivity index (χ1) is 11.4. The van der Waals surface area contributed by atoms with Crippen molar-refractivity contribution in [2.24, 2.45) is 0 Å². The Balaban J connectivity index is 0.00000146. The van der Waals surface area contributed by atoms with Gasteiger partial charge in [-0.15, -0.1) is 12.4 Å². The van der Waals surface area contributed by atoms with E-state index in [1.165, 1.54) is 60.4 Å². The van der Waals surface area contributed by atoms with E-state index in [-0.39, 0.29) is 12.4 Å². The third-order valence-corrected chi connectivity index (χ3v) is 5.88. The standard InChI is InChI=1S/C19H22N4.ClH/c20-12-15-13-6-5-7-14(13)19(22-10-3-4-11-22)23-17-9-2-1-8-16(17)21-18(15)23;/h1-11H2;1H. The van der Waals surface area contributed by atoms with Gasteiger partial charge in [-0.2, -0.15) is 5.26 Å². The lowest BCUT2D eigenvalue weighted by Crippen LogP contribution is -2.24. The average molecular weight is 343 g/mol. The Labute approximate surface area is 148 Å². The molecule has 0 saturated carbocycles. The van der Waals surface area contributed by atoms with E-state index < -0.39 is 0 Å². The smallest absolute Gasteiger partial charge is 0.157 e. The molecule has 0 bridgehead atoms. The van der Waals surface area contributed by atoms with Gasteiger partial charge in [0.15, 0.2) is 5.65 Å². The summed E-state index contributed by atoms with van der Waals surface area (Å²) in [7, 11) is 0. The number of nitrogens with zero attached hydrogens (tertiary/aromatic N) is 4. The zero-order valence-electron chi connectivity index (χ0n) is 14.0. The minimum absolute atomic E-state index is 0. The van der Waals surface area contributed by atoms with Gasteiger partial charge in [0.1, 0.15) is 11.9 Å². The Morgan fingerprint density at radius 3 is 2.42 bits per heavy atom. The van der Waals surface area contributed by atoms with Crippen LogP contribution in [0.15, 0.2) is 0 Å². The van der Waals surface area contributed by atoms with Crippen molar-refractivity contribution in [2.75, 3.05) is 18.0 Å². The molecule has 3 heterocycles. The number of anilines is 1. The van der Waals surface area contributed by atoms with Crippen LogP contribution in [-0.4, -0.2) is 22.5 Å². The number of aryl methyl sites for hydroxylation is 2. The maximum absolute atomic E-state index is 9.80. The van der Waals surface area contributed by atoms with Crippen molar-refractivity contribution in [3.8, 4) is 6.07 Å². The molecule has 0 N–H and O–H groups in total. The van der Waals surface area contributed by atoms with Crippen LogP contribution >= 0.6 is 12.4 Å². The van der Waals surface area contributed by atoms with Gasteiger partial charge in [0.2, 0.25) is 0 Å². The second-order valence-electron chi connectivity index (χ2n) is 7.19. The van der Waals surface area contributed by atoms with Crippen molar-refractivity contribution in [3.05, 3.63) is 28.1 Å². The highest BCUT2D eigenvalue weighted by atomic mass is 35.5. The van der Waals surface area contributed by atoms with Gasteiger partial charge in [0, 0.05) is 18.8 Å². The minimum Gasteiger partial charge on any atom is -0.357 e. The zero-order valence-corrected chi connectivity index (χ0v) is 14.8. The summed E-state index contributed by atoms with van der Waals surface area (Å²) in [4.78, 5) is 7.51. The van der Waals surface area contributed by atoms with E-state index in [0.717, 1.165) is 50.0 Å². The lowest BCUT2D eigenvalue weighted by Gasteiger charge is -2.25. The van der Waals surface area contributed by atoms with E-state index in [0.29, 0.717) is 0 Å². The summed E-state index contributed by atoms with van der Waals surface area (Å²) < 4.78 is 2.39. The lowest BCUT2D eigenvalue weighted by atomic mass is 10.0. The van der Waals surface area contributed by atoms with Crippen molar-refractivity contribution in [1.29, 1.82) is 5.26 Å². The van der Waals surface area contributed by atoms with E-state index in [4.69, 9.17) is 4.98 Å². The number of rotatable bonds is 1. The molecule has 0 radical (unpaired) electrons. The van der Waals surface area contributed by atoms with Crippen LogP contribution in [0.25, 0.3) is 5.65 Å². The van der Waals surface area contributed by atoms with Crippen molar-refractivity contribution in [2.45, 2.75) is 57.8 Å². The first kappa shape index (κ1) is 15.8. The minimum atomic E-state index is 0. The summed E-state index contributed by atoms with van der Waals surface area (Å²) in [6.45, 7) is 2.31. The molecule has 1 fully saturated rings. The fourth-order valence-electron chi connectivity index (χ4n) is 4.85. The molecule has 1 saturated heterocycles. The second-order valence-corrected chi connectivity index (χ2v) is 7.19. The maximum atomic E-state index is 9.80. The third kappa shape index (κ3) is 2.07. The molecule has 0 atom stereocenters. The van der Waals surface area contributed by atoms with E-state index in [9.17, 15) is 5.26 Å². The molecule has 2 aromatic heterocycles. The monoisotopic (exact) mass is 342 g/mol. The van der Waals surface area contributed by atoms with Crippen molar-refractivity contribution < 1.29 is 0 Å². The van der Waals surface area contributed by atoms with E-state index >= 15 is 0 Å². The molecule has 24 heavy (non-hydrogen) atoms. The van der Waals surface area contributed by atoms with E-state index in [1.807, 2.05) is 0 Å². The Morgan fingerprint density at radius 1 is 0.875 bits per heavy atom. The fraction of sp³-hybridized carbons (Fsp3) is 0.579. The van der Waals surface area contributed by atoms with Crippen molar-refractivity contribution in [3.63, 3.8) is 0 Å². The third-order valence-electron chi connectivity index (χ3n) is 5.88. The number of fused-ring (bicyclic) bond motifs is 4. The first-order valence-electron chi connectivity index (χ1n) is 9.11. The predicted octanol–water partition coefficient (Wildman–Crippen LogP) is 3.60. The molecule has 5 rings (SSSR count). The summed E-state index contributed by atoms with van der Waals surface area (Å²) in [5.41, 5.74) is 7.18. The number of hydrogen-bond acceptors (Lipinski definition) is 3. The number of hydrogen-bond donors (Lipinski definition) is 0. The molecule has 126 valence electrons. The molecule has 0 unspecified atom stereocenters. The second kappa shape index (κ2) is 5.97. The van der Waals surface area contributed by atoms with E-state index in [2.05, 4.69) is 15.4 Å². The Bertz CT molecular complexity index is 840. The summed E-state index contributed by atoms with van der Waals surface area (Å²) in [5, 5.41) is 9.80. The molecule has 0 aromatic carbocycles. The van der Waals surface area contributed by atoms with Crippen LogP contribution in [-0.2, 0) is 25.7 Å². The highest BCUT2D eigenvalue weighted by Gasteiger charge is 2.31. The van der Waals surface area contributed by atoms with Crippen LogP contribution in [0.3, 0.4) is 0 Å². The molecular formula is C19H23ClN4. The summed E-state index contributed by atoms with van der Waals surface area (Å²) >= 11 is 0. The quantitative estimate of drug-likeness (QED) is 0.795. The summed E-state index contributed by atoms with van der Waals surface area (Å²) in [5.74, 6) is 1.39. The molecule has 1 aliphatic heterocycles. The van der Waals surface area contributed by atoms with Gasteiger partial charge in [0.25, 0.3) is 0 Å². The van der Waals surface area contributed by atoms with Gasteiger partial charge in [0.05, 0.1) is 11.3 Å². The first-order valence-corrected chi connectivity index (χ1v) is 9.11. The van der Waals surface area contributed by atoms with Crippen LogP contribution in [0.1, 0.15) is 60.2 Å². The van der Waals surface area contributed by atoms with Crippen LogP contribution < -0.4 is 4.90 Å². The molecule has 2 aliphatic carbocycles. The van der Waals surface area contributed by atoms with Crippen molar-refractivity contribution in [1.82, 2.24) is 9.38 Å². The van der Waals surface area contributed by atoms with Crippen LogP contribution in [0.4, 0.5) is 5.82 Å². The van der Waals surface area contributed by atoms with Crippen molar-refractivity contribution >= 4 is 23.9 Å². The number of aromatic nitrogens is 2. The van der Waals surface area contributed by atoms with Gasteiger partial charge in [-0.3, -0.25) is 4.40 Å². The summed E-state index contributed by atoms with van der Waals surface area (Å²) in [6, 6.07) is 2.50. The number of imidazole rings is 1. The fourth-order valence-corrected chi connectivity index (χ4v) is 4.85. The lowest BCUT2D eigenvalue weighted by molar-refractivity contribution is 0.658. The van der Waals surface area contributed by atoms with E-state index in [1.54, 1.807) is 0 Å². The van der Waals surface area contributed by atoms with Crippen LogP contribution in [0.5, 0.6) is 0 Å². The predicted molar refractivity (Wildman–Crippen MR) is 97.3 cm³/mol. The molecule has 3 aliphatic rings. The molecular weight excluding hydrogens is 320 g/mol. The SMILES string of the molecule is Cl.N#Cc1c2c(c(N3CCCC3)n3c4c(nc13)CCCC4)CCC2. The van der Waals surface area contributed by atoms with Crippen LogP contribution in [0, 0.1) is 11.3 Å². The maximum Gasteiger partial charge on any atom is 0.157 e. The molecule has 2 aromatic rings. The molecule has 0 amide bonds. The summed E-state index contributed by atoms with van der Waals surface area (Å²) in [6.07, 6.45) is 10.6. The topological polar surface area (TPSA) is 44.3 Å². The number of halogens is 1. The number of pyridine rings is 1. The van der Waals surface area contributed by atoms with Gasteiger partial charge in [-0.05, 0) is 68.9 Å². The Kier molecular flexibility index (Phi) is 3.92. The molecule has 4 nitrogen and oxygen atoms in total. The normalized spacial score (nSPS) is 19.0. The van der Waals surface area contributed by atoms with Gasteiger partial charge < -0.3 is 4.90 Å². The largest absolute Gasteiger partial charge is 0.357 e. The van der Waals surface area contributed by atoms with Crippen LogP contribution in [0.2, 0.25) is 0 Å². The Morgan fingerprint density at radius 2 is 1.62 bits per heavy atom. The molecule has 0 spiro atoms. The zero-order chi connectivity index (χ0) is 15.4. The number of nitriles is 1. The highest BCUT2D eigenvalue weighted by molar-refractivity contribution is 5.85. The van der Waals surface area contributed by atoms with Gasteiger partial charge >= 0.3 is 0 Å². The highest BCUT2D eigenvalue weighted by Crippen LogP contribution is 2.39. The molecule has 5 heteroatoms. The average Bonchev–Trinajstić information content (AvgIpc) is 3.31. The van der Waals surface area contributed by atoms with Gasteiger partial charge in [-0.25, -0.2) is 4.98 Å². The van der Waals surface area contributed by atoms with Gasteiger partial charge in [-0.1, -0.05) is 0 Å². The Hall–Kier alpha value is -1.73.